The molecule has 21 heavy (non-hydrogen) atoms. The number of piperidine rings is 1. The minimum absolute atomic E-state index is 0.277. The largest absolute Gasteiger partial charge is 0.338 e. The van der Waals surface area contributed by atoms with Crippen molar-refractivity contribution in [1.82, 2.24) is 15.0 Å². The van der Waals surface area contributed by atoms with Crippen LogP contribution < -0.4 is 5.73 Å². The normalized spacial score (nSPS) is 23.4. The zero-order chi connectivity index (χ0) is 14.8. The maximum absolute atomic E-state index is 12.9. The van der Waals surface area contributed by atoms with Crippen molar-refractivity contribution in [3.63, 3.8) is 0 Å². The lowest BCUT2D eigenvalue weighted by Gasteiger charge is -2.34. The summed E-state index contributed by atoms with van der Waals surface area (Å²) in [6.07, 6.45) is 0.986. The monoisotopic (exact) mass is 290 g/mol. The summed E-state index contributed by atoms with van der Waals surface area (Å²) in [6, 6.07) is 6.34. The van der Waals surface area contributed by atoms with Crippen molar-refractivity contribution >= 4 is 0 Å². The molecular formula is C15H19FN4O. The number of halogens is 1. The molecule has 1 aliphatic heterocycles. The molecule has 1 saturated heterocycles. The summed E-state index contributed by atoms with van der Waals surface area (Å²) in [5, 5.41) is 3.96. The molecule has 5 nitrogen and oxygen atoms in total. The summed E-state index contributed by atoms with van der Waals surface area (Å²) in [4.78, 5) is 6.65. The lowest BCUT2D eigenvalue weighted by Crippen LogP contribution is -2.45. The van der Waals surface area contributed by atoms with Gasteiger partial charge in [-0.25, -0.2) is 4.39 Å². The summed E-state index contributed by atoms with van der Waals surface area (Å²) < 4.78 is 18.2. The molecule has 112 valence electrons. The van der Waals surface area contributed by atoms with Gasteiger partial charge < -0.3 is 10.3 Å². The Labute approximate surface area is 122 Å². The summed E-state index contributed by atoms with van der Waals surface area (Å²) in [5.74, 6) is 1.27. The third-order valence-electron chi connectivity index (χ3n) is 3.99. The maximum atomic E-state index is 12.9. The molecule has 6 heteroatoms. The number of nitrogens with zero attached hydrogens (tertiary/aromatic N) is 3. The van der Waals surface area contributed by atoms with Gasteiger partial charge in [0, 0.05) is 24.7 Å². The Morgan fingerprint density at radius 3 is 2.86 bits per heavy atom. The smallest absolute Gasteiger partial charge is 0.241 e. The van der Waals surface area contributed by atoms with Crippen LogP contribution >= 0.6 is 0 Å². The highest BCUT2D eigenvalue weighted by Crippen LogP contribution is 2.19. The van der Waals surface area contributed by atoms with Crippen LogP contribution in [-0.4, -0.2) is 34.2 Å². The lowest BCUT2D eigenvalue weighted by molar-refractivity contribution is 0.142. The highest BCUT2D eigenvalue weighted by atomic mass is 19.1. The molecule has 1 aromatic heterocycles. The second-order valence-electron chi connectivity index (χ2n) is 5.68. The molecule has 0 saturated carbocycles. The fourth-order valence-corrected chi connectivity index (χ4v) is 2.62. The number of aromatic nitrogens is 2. The molecular weight excluding hydrogens is 271 g/mol. The van der Waals surface area contributed by atoms with E-state index in [0.29, 0.717) is 24.2 Å². The minimum Gasteiger partial charge on any atom is -0.338 e. The maximum Gasteiger partial charge on any atom is 0.241 e. The quantitative estimate of drug-likeness (QED) is 0.937. The van der Waals surface area contributed by atoms with Gasteiger partial charge >= 0.3 is 0 Å². The van der Waals surface area contributed by atoms with E-state index in [2.05, 4.69) is 22.0 Å². The molecule has 0 bridgehead atoms. The van der Waals surface area contributed by atoms with Crippen LogP contribution in [0.25, 0.3) is 11.4 Å². The fraction of sp³-hybridized carbons (Fsp3) is 0.467. The van der Waals surface area contributed by atoms with E-state index >= 15 is 0 Å². The molecule has 2 aromatic rings. The van der Waals surface area contributed by atoms with Gasteiger partial charge in [-0.15, -0.1) is 0 Å². The Morgan fingerprint density at radius 1 is 1.38 bits per heavy atom. The standard InChI is InChI=1S/C15H19FN4O/c1-10-8-20(7-6-13(10)17)9-14-18-15(19-21-14)11-2-4-12(16)5-3-11/h2-5,10,13H,6-9,17H2,1H3. The van der Waals surface area contributed by atoms with E-state index in [9.17, 15) is 4.39 Å². The average molecular weight is 290 g/mol. The molecule has 2 atom stereocenters. The number of benzene rings is 1. The van der Waals surface area contributed by atoms with Crippen LogP contribution in [0.3, 0.4) is 0 Å². The van der Waals surface area contributed by atoms with Crippen molar-refractivity contribution in [2.75, 3.05) is 13.1 Å². The van der Waals surface area contributed by atoms with E-state index in [1.54, 1.807) is 12.1 Å². The average Bonchev–Trinajstić information content (AvgIpc) is 2.92. The summed E-state index contributed by atoms with van der Waals surface area (Å²) >= 11 is 0. The molecule has 0 radical (unpaired) electrons. The number of hydrogen-bond donors (Lipinski definition) is 1. The van der Waals surface area contributed by atoms with Crippen LogP contribution in [0.5, 0.6) is 0 Å². The molecule has 1 fully saturated rings. The zero-order valence-electron chi connectivity index (χ0n) is 12.0. The Hall–Kier alpha value is -1.79. The molecule has 1 aliphatic rings. The highest BCUT2D eigenvalue weighted by molar-refractivity contribution is 5.53. The first-order valence-electron chi connectivity index (χ1n) is 7.18. The Morgan fingerprint density at radius 2 is 2.14 bits per heavy atom. The molecule has 2 unspecified atom stereocenters. The topological polar surface area (TPSA) is 68.2 Å². The molecule has 0 amide bonds. The number of hydrogen-bond acceptors (Lipinski definition) is 5. The minimum atomic E-state index is -0.277. The van der Waals surface area contributed by atoms with E-state index in [4.69, 9.17) is 10.3 Å². The predicted molar refractivity (Wildman–Crippen MR) is 76.7 cm³/mol. The van der Waals surface area contributed by atoms with Crippen molar-refractivity contribution < 1.29 is 8.91 Å². The van der Waals surface area contributed by atoms with Crippen LogP contribution in [0.15, 0.2) is 28.8 Å². The first kappa shape index (κ1) is 14.2. The molecule has 2 N–H and O–H groups in total. The highest BCUT2D eigenvalue weighted by Gasteiger charge is 2.24. The van der Waals surface area contributed by atoms with Gasteiger partial charge in [0.25, 0.3) is 0 Å². The van der Waals surface area contributed by atoms with Crippen molar-refractivity contribution in [3.05, 3.63) is 36.0 Å². The van der Waals surface area contributed by atoms with Crippen LogP contribution in [0.1, 0.15) is 19.2 Å². The Bertz CT molecular complexity index is 598. The first-order valence-corrected chi connectivity index (χ1v) is 7.18. The molecule has 3 rings (SSSR count). The number of nitrogens with two attached hydrogens (primary N) is 1. The van der Waals surface area contributed by atoms with E-state index in [1.807, 2.05) is 0 Å². The number of likely N-dealkylation sites (tertiary alicyclic amines) is 1. The van der Waals surface area contributed by atoms with Gasteiger partial charge in [0.15, 0.2) is 0 Å². The zero-order valence-corrected chi connectivity index (χ0v) is 12.0. The van der Waals surface area contributed by atoms with Gasteiger partial charge in [0.05, 0.1) is 6.54 Å². The van der Waals surface area contributed by atoms with Crippen molar-refractivity contribution in [3.8, 4) is 11.4 Å². The van der Waals surface area contributed by atoms with E-state index < -0.39 is 0 Å². The molecule has 2 heterocycles. The van der Waals surface area contributed by atoms with Crippen molar-refractivity contribution in [2.45, 2.75) is 25.9 Å². The Balaban J connectivity index is 1.66. The SMILES string of the molecule is CC1CN(Cc2nc(-c3ccc(F)cc3)no2)CCC1N. The fourth-order valence-electron chi connectivity index (χ4n) is 2.62. The second-order valence-corrected chi connectivity index (χ2v) is 5.68. The summed E-state index contributed by atoms with van der Waals surface area (Å²) in [5.41, 5.74) is 6.77. The third kappa shape index (κ3) is 3.28. The second kappa shape index (κ2) is 5.91. The van der Waals surface area contributed by atoms with Gasteiger partial charge in [-0.2, -0.15) is 4.98 Å². The molecule has 1 aromatic carbocycles. The number of rotatable bonds is 3. The van der Waals surface area contributed by atoms with Gasteiger partial charge in [-0.3, -0.25) is 4.90 Å². The first-order chi connectivity index (χ1) is 10.1. The predicted octanol–water partition coefficient (Wildman–Crippen LogP) is 2.04. The van der Waals surface area contributed by atoms with Crippen LogP contribution in [0, 0.1) is 11.7 Å². The summed E-state index contributed by atoms with van der Waals surface area (Å²) in [7, 11) is 0. The van der Waals surface area contributed by atoms with E-state index in [1.165, 1.54) is 12.1 Å². The summed E-state index contributed by atoms with van der Waals surface area (Å²) in [6.45, 7) is 4.68. The van der Waals surface area contributed by atoms with E-state index in [-0.39, 0.29) is 11.9 Å². The van der Waals surface area contributed by atoms with E-state index in [0.717, 1.165) is 25.1 Å². The van der Waals surface area contributed by atoms with Crippen molar-refractivity contribution in [1.29, 1.82) is 0 Å². The Kier molecular flexibility index (Phi) is 3.98. The molecule has 0 spiro atoms. The van der Waals surface area contributed by atoms with Crippen molar-refractivity contribution in [2.24, 2.45) is 11.7 Å². The lowest BCUT2D eigenvalue weighted by atomic mass is 9.95. The molecule has 0 aliphatic carbocycles. The van der Waals surface area contributed by atoms with Gasteiger partial charge in [0.1, 0.15) is 5.82 Å². The van der Waals surface area contributed by atoms with Crippen LogP contribution in [0.4, 0.5) is 4.39 Å². The van der Waals surface area contributed by atoms with Crippen LogP contribution in [-0.2, 0) is 6.54 Å². The van der Waals surface area contributed by atoms with Gasteiger partial charge in [0.2, 0.25) is 11.7 Å². The third-order valence-corrected chi connectivity index (χ3v) is 3.99. The van der Waals surface area contributed by atoms with Gasteiger partial charge in [-0.05, 0) is 36.6 Å². The van der Waals surface area contributed by atoms with Crippen LogP contribution in [0.2, 0.25) is 0 Å². The van der Waals surface area contributed by atoms with Gasteiger partial charge in [-0.1, -0.05) is 12.1 Å².